The van der Waals surface area contributed by atoms with Gasteiger partial charge in [-0.2, -0.15) is 0 Å². The summed E-state index contributed by atoms with van der Waals surface area (Å²) in [5.41, 5.74) is 1.08. The van der Waals surface area contributed by atoms with Gasteiger partial charge in [-0.3, -0.25) is 4.79 Å². The third-order valence-corrected chi connectivity index (χ3v) is 4.85. The van der Waals surface area contributed by atoms with E-state index in [0.29, 0.717) is 5.56 Å². The molecule has 0 radical (unpaired) electrons. The molecule has 4 nitrogen and oxygen atoms in total. The summed E-state index contributed by atoms with van der Waals surface area (Å²) in [5.74, 6) is 0.471. The second-order valence-electron chi connectivity index (χ2n) is 5.47. The number of halogens is 1. The van der Waals surface area contributed by atoms with E-state index in [-0.39, 0.29) is 16.8 Å². The van der Waals surface area contributed by atoms with Crippen LogP contribution in [0.25, 0.3) is 0 Å². The predicted octanol–water partition coefficient (Wildman–Crippen LogP) is 2.84. The van der Waals surface area contributed by atoms with Gasteiger partial charge in [0.25, 0.3) is 15.0 Å². The van der Waals surface area contributed by atoms with Crippen LogP contribution in [0, 0.1) is 12.8 Å². The van der Waals surface area contributed by atoms with Gasteiger partial charge in [-0.1, -0.05) is 18.9 Å². The monoisotopic (exact) mass is 315 g/mol. The summed E-state index contributed by atoms with van der Waals surface area (Å²) in [4.78, 5) is 12.2. The fourth-order valence-corrected chi connectivity index (χ4v) is 2.99. The van der Waals surface area contributed by atoms with E-state index < -0.39 is 9.05 Å². The van der Waals surface area contributed by atoms with E-state index in [9.17, 15) is 13.2 Å². The van der Waals surface area contributed by atoms with Crippen molar-refractivity contribution in [3.8, 4) is 0 Å². The molecule has 1 unspecified atom stereocenters. The molecule has 20 heavy (non-hydrogen) atoms. The average Bonchev–Trinajstić information content (AvgIpc) is 3.11. The largest absolute Gasteiger partial charge is 0.350 e. The fourth-order valence-electron chi connectivity index (χ4n) is 2.21. The lowest BCUT2D eigenvalue weighted by molar-refractivity contribution is 0.0936. The Labute approximate surface area is 123 Å². The first kappa shape index (κ1) is 15.3. The van der Waals surface area contributed by atoms with E-state index in [0.717, 1.165) is 17.9 Å². The molecule has 0 bridgehead atoms. The highest BCUT2D eigenvalue weighted by atomic mass is 35.7. The van der Waals surface area contributed by atoms with Gasteiger partial charge >= 0.3 is 0 Å². The lowest BCUT2D eigenvalue weighted by atomic mass is 10.1. The predicted molar refractivity (Wildman–Crippen MR) is 78.5 cm³/mol. The molecular weight excluding hydrogens is 298 g/mol. The quantitative estimate of drug-likeness (QED) is 0.850. The highest BCUT2D eigenvalue weighted by molar-refractivity contribution is 8.13. The van der Waals surface area contributed by atoms with Crippen LogP contribution in [0.1, 0.15) is 42.1 Å². The lowest BCUT2D eigenvalue weighted by Gasteiger charge is -2.15. The zero-order chi connectivity index (χ0) is 14.9. The number of hydrogen-bond acceptors (Lipinski definition) is 3. The molecule has 0 aromatic heterocycles. The molecule has 1 atom stereocenters. The Bertz CT molecular complexity index is 623. The summed E-state index contributed by atoms with van der Waals surface area (Å²) in [7, 11) is 1.49. The van der Waals surface area contributed by atoms with Gasteiger partial charge in [0.05, 0.1) is 4.90 Å². The van der Waals surface area contributed by atoms with Crippen LogP contribution < -0.4 is 5.32 Å². The zero-order valence-electron chi connectivity index (χ0n) is 11.5. The van der Waals surface area contributed by atoms with Crippen LogP contribution in [0.5, 0.6) is 0 Å². The Balaban J connectivity index is 2.15. The summed E-state index contributed by atoms with van der Waals surface area (Å²) >= 11 is 0. The van der Waals surface area contributed by atoms with Gasteiger partial charge in [-0.15, -0.1) is 0 Å². The van der Waals surface area contributed by atoms with Gasteiger partial charge < -0.3 is 5.32 Å². The van der Waals surface area contributed by atoms with E-state index in [1.54, 1.807) is 13.0 Å². The van der Waals surface area contributed by atoms with Crippen molar-refractivity contribution in [2.45, 2.75) is 44.0 Å². The Morgan fingerprint density at radius 2 is 2.10 bits per heavy atom. The van der Waals surface area contributed by atoms with Crippen LogP contribution in [0.15, 0.2) is 23.1 Å². The molecular formula is C14H18ClNO3S. The van der Waals surface area contributed by atoms with Crippen molar-refractivity contribution in [2.75, 3.05) is 0 Å². The van der Waals surface area contributed by atoms with Crippen molar-refractivity contribution in [3.05, 3.63) is 29.3 Å². The zero-order valence-corrected chi connectivity index (χ0v) is 13.1. The summed E-state index contributed by atoms with van der Waals surface area (Å²) in [6.07, 6.45) is 3.44. The summed E-state index contributed by atoms with van der Waals surface area (Å²) in [5, 5.41) is 2.91. The highest BCUT2D eigenvalue weighted by Gasteiger charge is 2.25. The number of rotatable bonds is 5. The van der Waals surface area contributed by atoms with E-state index in [4.69, 9.17) is 10.7 Å². The number of amides is 1. The van der Waals surface area contributed by atoms with Crippen molar-refractivity contribution in [3.63, 3.8) is 0 Å². The number of benzene rings is 1. The average molecular weight is 316 g/mol. The minimum Gasteiger partial charge on any atom is -0.350 e. The van der Waals surface area contributed by atoms with Crippen LogP contribution in [0.3, 0.4) is 0 Å². The normalized spacial score (nSPS) is 16.8. The maximum absolute atomic E-state index is 12.2. The van der Waals surface area contributed by atoms with Gasteiger partial charge in [0, 0.05) is 22.3 Å². The van der Waals surface area contributed by atoms with E-state index in [1.807, 2.05) is 6.92 Å². The fraction of sp³-hybridized carbons (Fsp3) is 0.500. The number of carbonyl (C=O) groups is 1. The van der Waals surface area contributed by atoms with E-state index in [2.05, 4.69) is 5.32 Å². The first-order chi connectivity index (χ1) is 9.27. The number of nitrogens with one attached hydrogen (secondary N) is 1. The summed E-state index contributed by atoms with van der Waals surface area (Å²) < 4.78 is 22.7. The first-order valence-corrected chi connectivity index (χ1v) is 8.94. The van der Waals surface area contributed by atoms with Crippen LogP contribution in [0.2, 0.25) is 0 Å². The Kier molecular flexibility index (Phi) is 4.39. The molecule has 1 amide bonds. The van der Waals surface area contributed by atoms with Gasteiger partial charge in [-0.25, -0.2) is 8.42 Å². The summed E-state index contributed by atoms with van der Waals surface area (Å²) in [6, 6.07) is 4.42. The molecule has 0 spiro atoms. The molecule has 1 saturated carbocycles. The minimum absolute atomic E-state index is 0.0511. The molecule has 1 aliphatic carbocycles. The number of aryl methyl sites for hydroxylation is 1. The molecule has 2 rings (SSSR count). The molecule has 110 valence electrons. The lowest BCUT2D eigenvalue weighted by Crippen LogP contribution is -2.33. The second-order valence-corrected chi connectivity index (χ2v) is 8.03. The standard InChI is InChI=1S/C14H18ClNO3S/c1-9-3-6-12(20(15,18)19)8-13(9)14(17)16-10(2)7-11-4-5-11/h3,6,8,10-11H,4-5,7H2,1-2H3,(H,16,17). The Morgan fingerprint density at radius 1 is 1.45 bits per heavy atom. The maximum Gasteiger partial charge on any atom is 0.261 e. The highest BCUT2D eigenvalue weighted by Crippen LogP contribution is 2.33. The van der Waals surface area contributed by atoms with Crippen molar-refractivity contribution in [1.29, 1.82) is 0 Å². The topological polar surface area (TPSA) is 63.2 Å². The molecule has 0 saturated heterocycles. The first-order valence-electron chi connectivity index (χ1n) is 6.63. The van der Waals surface area contributed by atoms with Gasteiger partial charge in [0.1, 0.15) is 0 Å². The molecule has 1 N–H and O–H groups in total. The molecule has 1 aliphatic rings. The molecule has 0 aliphatic heterocycles. The third kappa shape index (κ3) is 3.96. The minimum atomic E-state index is -3.82. The number of carbonyl (C=O) groups excluding carboxylic acids is 1. The molecule has 0 heterocycles. The van der Waals surface area contributed by atoms with Crippen LogP contribution in [-0.2, 0) is 9.05 Å². The molecule has 1 aromatic carbocycles. The van der Waals surface area contributed by atoms with Gasteiger partial charge in [0.2, 0.25) is 0 Å². The van der Waals surface area contributed by atoms with Crippen molar-refractivity contribution in [1.82, 2.24) is 5.32 Å². The van der Waals surface area contributed by atoms with Crippen molar-refractivity contribution in [2.24, 2.45) is 5.92 Å². The smallest absolute Gasteiger partial charge is 0.261 e. The second kappa shape index (κ2) is 5.74. The maximum atomic E-state index is 12.2. The SMILES string of the molecule is Cc1ccc(S(=O)(=O)Cl)cc1C(=O)NC(C)CC1CC1. The Hall–Kier alpha value is -1.07. The van der Waals surface area contributed by atoms with Gasteiger partial charge in [-0.05, 0) is 43.9 Å². The number of hydrogen-bond donors (Lipinski definition) is 1. The van der Waals surface area contributed by atoms with E-state index >= 15 is 0 Å². The van der Waals surface area contributed by atoms with Crippen molar-refractivity contribution >= 4 is 25.6 Å². The summed E-state index contributed by atoms with van der Waals surface area (Å²) in [6.45, 7) is 3.73. The van der Waals surface area contributed by atoms with Crippen LogP contribution in [-0.4, -0.2) is 20.4 Å². The Morgan fingerprint density at radius 3 is 2.65 bits per heavy atom. The molecule has 1 fully saturated rings. The van der Waals surface area contributed by atoms with E-state index in [1.165, 1.54) is 25.0 Å². The van der Waals surface area contributed by atoms with Crippen LogP contribution in [0.4, 0.5) is 0 Å². The molecule has 6 heteroatoms. The molecule has 1 aromatic rings. The van der Waals surface area contributed by atoms with Crippen molar-refractivity contribution < 1.29 is 13.2 Å². The van der Waals surface area contributed by atoms with Gasteiger partial charge in [0.15, 0.2) is 0 Å². The van der Waals surface area contributed by atoms with Crippen LogP contribution >= 0.6 is 10.7 Å². The third-order valence-electron chi connectivity index (χ3n) is 3.50.